The van der Waals surface area contributed by atoms with Crippen LogP contribution in [0.2, 0.25) is 0 Å². The lowest BCUT2D eigenvalue weighted by atomic mass is 9.86. The van der Waals surface area contributed by atoms with E-state index in [-0.39, 0.29) is 11.2 Å². The number of ketones is 1. The molecule has 2 rings (SSSR count). The standard InChI is InChI=1S/C17H23N3O/c1-6-13-16(15(21)7-2)18-19-20(13)14-11-9-8-10-12(14)17(3,4)5/h8-11H,6-7H2,1-5H3. The van der Waals surface area contributed by atoms with Gasteiger partial charge in [-0.1, -0.05) is 58.0 Å². The number of aromatic nitrogens is 3. The Kier molecular flexibility index (Phi) is 4.26. The highest BCUT2D eigenvalue weighted by Crippen LogP contribution is 2.29. The van der Waals surface area contributed by atoms with Crippen molar-refractivity contribution in [2.45, 2.75) is 52.9 Å². The Bertz CT molecular complexity index is 650. The van der Waals surface area contributed by atoms with Gasteiger partial charge in [0.1, 0.15) is 0 Å². The first-order chi connectivity index (χ1) is 9.90. The van der Waals surface area contributed by atoms with Crippen LogP contribution < -0.4 is 0 Å². The van der Waals surface area contributed by atoms with Crippen molar-refractivity contribution < 1.29 is 4.79 Å². The maximum absolute atomic E-state index is 12.0. The van der Waals surface area contributed by atoms with Crippen molar-refractivity contribution in [1.82, 2.24) is 15.0 Å². The Morgan fingerprint density at radius 3 is 2.43 bits per heavy atom. The molecule has 4 nitrogen and oxygen atoms in total. The lowest BCUT2D eigenvalue weighted by Crippen LogP contribution is -2.17. The van der Waals surface area contributed by atoms with E-state index >= 15 is 0 Å². The predicted molar refractivity (Wildman–Crippen MR) is 84.1 cm³/mol. The van der Waals surface area contributed by atoms with Gasteiger partial charge in [-0.05, 0) is 23.5 Å². The van der Waals surface area contributed by atoms with Crippen molar-refractivity contribution in [2.24, 2.45) is 0 Å². The summed E-state index contributed by atoms with van der Waals surface area (Å²) in [4.78, 5) is 12.0. The van der Waals surface area contributed by atoms with Gasteiger partial charge < -0.3 is 0 Å². The molecule has 0 spiro atoms. The highest BCUT2D eigenvalue weighted by molar-refractivity contribution is 5.95. The number of carbonyl (C=O) groups is 1. The Hall–Kier alpha value is -1.97. The first-order valence-electron chi connectivity index (χ1n) is 7.47. The van der Waals surface area contributed by atoms with E-state index in [9.17, 15) is 4.79 Å². The van der Waals surface area contributed by atoms with Crippen LogP contribution in [0.5, 0.6) is 0 Å². The molecule has 0 aliphatic heterocycles. The minimum atomic E-state index is 0.00246. The zero-order valence-corrected chi connectivity index (χ0v) is 13.5. The molecule has 0 aliphatic rings. The minimum Gasteiger partial charge on any atom is -0.292 e. The average Bonchev–Trinajstić information content (AvgIpc) is 2.89. The largest absolute Gasteiger partial charge is 0.292 e. The molecule has 0 fully saturated rings. The second-order valence-electron chi connectivity index (χ2n) is 6.19. The van der Waals surface area contributed by atoms with Crippen LogP contribution in [0.1, 0.15) is 62.8 Å². The summed E-state index contributed by atoms with van der Waals surface area (Å²) in [6.45, 7) is 10.4. The second-order valence-corrected chi connectivity index (χ2v) is 6.19. The molecule has 0 atom stereocenters. The van der Waals surface area contributed by atoms with Crippen LogP contribution in [-0.4, -0.2) is 20.8 Å². The van der Waals surface area contributed by atoms with E-state index in [1.807, 2.05) is 36.7 Å². The Balaban J connectivity index is 2.64. The van der Waals surface area contributed by atoms with Crippen LogP contribution in [0.3, 0.4) is 0 Å². The molecule has 112 valence electrons. The number of nitrogens with zero attached hydrogens (tertiary/aromatic N) is 3. The fraction of sp³-hybridized carbons (Fsp3) is 0.471. The van der Waals surface area contributed by atoms with Gasteiger partial charge in [0.25, 0.3) is 0 Å². The molecule has 0 unspecified atom stereocenters. The molecular weight excluding hydrogens is 262 g/mol. The van der Waals surface area contributed by atoms with Gasteiger partial charge in [0.15, 0.2) is 11.5 Å². The van der Waals surface area contributed by atoms with Crippen molar-refractivity contribution in [3.05, 3.63) is 41.2 Å². The number of hydrogen-bond acceptors (Lipinski definition) is 3. The van der Waals surface area contributed by atoms with Crippen molar-refractivity contribution in [3.8, 4) is 5.69 Å². The summed E-state index contributed by atoms with van der Waals surface area (Å²) >= 11 is 0. The number of Topliss-reactive ketones (excluding diaryl/α,β-unsaturated/α-hetero) is 1. The first kappa shape index (κ1) is 15.4. The van der Waals surface area contributed by atoms with E-state index in [0.29, 0.717) is 12.1 Å². The van der Waals surface area contributed by atoms with E-state index in [0.717, 1.165) is 17.8 Å². The van der Waals surface area contributed by atoms with E-state index in [4.69, 9.17) is 0 Å². The summed E-state index contributed by atoms with van der Waals surface area (Å²) in [5, 5.41) is 8.37. The van der Waals surface area contributed by atoms with Crippen molar-refractivity contribution >= 4 is 5.78 Å². The number of rotatable bonds is 4. The number of para-hydroxylation sites is 1. The van der Waals surface area contributed by atoms with E-state index in [2.05, 4.69) is 37.1 Å². The molecule has 0 radical (unpaired) electrons. The molecular formula is C17H23N3O. The number of hydrogen-bond donors (Lipinski definition) is 0. The maximum atomic E-state index is 12.0. The molecule has 0 N–H and O–H groups in total. The van der Waals surface area contributed by atoms with Gasteiger partial charge in [0.2, 0.25) is 0 Å². The third kappa shape index (κ3) is 2.89. The topological polar surface area (TPSA) is 47.8 Å². The van der Waals surface area contributed by atoms with Crippen molar-refractivity contribution in [3.63, 3.8) is 0 Å². The Morgan fingerprint density at radius 1 is 1.19 bits per heavy atom. The quantitative estimate of drug-likeness (QED) is 0.804. The van der Waals surface area contributed by atoms with Gasteiger partial charge >= 0.3 is 0 Å². The van der Waals surface area contributed by atoms with Crippen LogP contribution >= 0.6 is 0 Å². The van der Waals surface area contributed by atoms with Crippen LogP contribution in [0, 0.1) is 0 Å². The summed E-state index contributed by atoms with van der Waals surface area (Å²) in [6, 6.07) is 8.17. The van der Waals surface area contributed by atoms with E-state index in [1.54, 1.807) is 0 Å². The fourth-order valence-electron chi connectivity index (χ4n) is 2.49. The highest BCUT2D eigenvalue weighted by atomic mass is 16.1. The van der Waals surface area contributed by atoms with Crippen molar-refractivity contribution in [1.29, 1.82) is 0 Å². The first-order valence-corrected chi connectivity index (χ1v) is 7.47. The van der Waals surface area contributed by atoms with Gasteiger partial charge in [0, 0.05) is 6.42 Å². The van der Waals surface area contributed by atoms with Gasteiger partial charge in [-0.2, -0.15) is 0 Å². The molecule has 4 heteroatoms. The summed E-state index contributed by atoms with van der Waals surface area (Å²) in [7, 11) is 0. The summed E-state index contributed by atoms with van der Waals surface area (Å²) in [5.41, 5.74) is 3.59. The zero-order chi connectivity index (χ0) is 15.6. The molecule has 0 bridgehead atoms. The van der Waals surface area contributed by atoms with E-state index < -0.39 is 0 Å². The Labute approximate surface area is 126 Å². The predicted octanol–water partition coefficient (Wildman–Crippen LogP) is 3.72. The molecule has 2 aromatic rings. The molecule has 21 heavy (non-hydrogen) atoms. The molecule has 1 aromatic heterocycles. The van der Waals surface area contributed by atoms with E-state index in [1.165, 1.54) is 5.56 Å². The fourth-order valence-corrected chi connectivity index (χ4v) is 2.49. The molecule has 0 aliphatic carbocycles. The van der Waals surface area contributed by atoms with Gasteiger partial charge in [-0.15, -0.1) is 5.10 Å². The molecule has 1 aromatic carbocycles. The summed E-state index contributed by atoms with van der Waals surface area (Å²) in [5.74, 6) is 0.0475. The SMILES string of the molecule is CCC(=O)c1nnn(-c2ccccc2C(C)(C)C)c1CC. The maximum Gasteiger partial charge on any atom is 0.184 e. The molecule has 0 amide bonds. The normalized spacial score (nSPS) is 11.7. The molecule has 0 saturated carbocycles. The molecule has 1 heterocycles. The summed E-state index contributed by atoms with van der Waals surface area (Å²) < 4.78 is 1.82. The lowest BCUT2D eigenvalue weighted by Gasteiger charge is -2.23. The second kappa shape index (κ2) is 5.80. The van der Waals surface area contributed by atoms with Crippen LogP contribution in [0.4, 0.5) is 0 Å². The smallest absolute Gasteiger partial charge is 0.184 e. The minimum absolute atomic E-state index is 0.00246. The number of benzene rings is 1. The van der Waals surface area contributed by atoms with Gasteiger partial charge in [-0.25, -0.2) is 4.68 Å². The third-order valence-electron chi connectivity index (χ3n) is 3.62. The summed E-state index contributed by atoms with van der Waals surface area (Å²) in [6.07, 6.45) is 1.18. The Morgan fingerprint density at radius 2 is 1.86 bits per heavy atom. The number of carbonyl (C=O) groups excluding carboxylic acids is 1. The monoisotopic (exact) mass is 285 g/mol. The highest BCUT2D eigenvalue weighted by Gasteiger charge is 2.23. The van der Waals surface area contributed by atoms with Gasteiger partial charge in [0.05, 0.1) is 11.4 Å². The average molecular weight is 285 g/mol. The van der Waals surface area contributed by atoms with Crippen LogP contribution in [-0.2, 0) is 11.8 Å². The lowest BCUT2D eigenvalue weighted by molar-refractivity contribution is 0.0982. The molecule has 0 saturated heterocycles. The zero-order valence-electron chi connectivity index (χ0n) is 13.5. The third-order valence-corrected chi connectivity index (χ3v) is 3.62. The van der Waals surface area contributed by atoms with Crippen LogP contribution in [0.15, 0.2) is 24.3 Å². The van der Waals surface area contributed by atoms with Gasteiger partial charge in [-0.3, -0.25) is 4.79 Å². The van der Waals surface area contributed by atoms with Crippen LogP contribution in [0.25, 0.3) is 5.69 Å². The van der Waals surface area contributed by atoms with Crippen molar-refractivity contribution in [2.75, 3.05) is 0 Å².